The Morgan fingerprint density at radius 2 is 1.52 bits per heavy atom. The predicted octanol–water partition coefficient (Wildman–Crippen LogP) is 4.00. The van der Waals surface area contributed by atoms with E-state index in [9.17, 15) is 0 Å². The first-order chi connectivity index (χ1) is 10.3. The third kappa shape index (κ3) is 4.08. The van der Waals surface area contributed by atoms with Gasteiger partial charge in [-0.25, -0.2) is 0 Å². The zero-order valence-electron chi connectivity index (χ0n) is 13.2. The minimum Gasteiger partial charge on any atom is -0.497 e. The van der Waals surface area contributed by atoms with Crippen LogP contribution in [0.4, 0.5) is 0 Å². The van der Waals surface area contributed by atoms with Crippen LogP contribution in [0.2, 0.25) is 0 Å². The maximum Gasteiger partial charge on any atom is 0.118 e. The van der Waals surface area contributed by atoms with Crippen LogP contribution in [-0.2, 0) is 6.42 Å². The molecule has 1 unspecified atom stereocenters. The highest BCUT2D eigenvalue weighted by atomic mass is 16.5. The van der Waals surface area contributed by atoms with Crippen molar-refractivity contribution in [2.75, 3.05) is 20.7 Å². The van der Waals surface area contributed by atoms with Crippen LogP contribution in [0.3, 0.4) is 0 Å². The van der Waals surface area contributed by atoms with Gasteiger partial charge in [-0.2, -0.15) is 0 Å². The van der Waals surface area contributed by atoms with Crippen LogP contribution < -0.4 is 10.1 Å². The molecule has 2 aromatic carbocycles. The number of hydrogen-bond acceptors (Lipinski definition) is 2. The second kappa shape index (κ2) is 7.84. The van der Waals surface area contributed by atoms with E-state index in [4.69, 9.17) is 4.74 Å². The van der Waals surface area contributed by atoms with Crippen molar-refractivity contribution in [3.05, 3.63) is 65.2 Å². The largest absolute Gasteiger partial charge is 0.497 e. The molecule has 21 heavy (non-hydrogen) atoms. The lowest BCUT2D eigenvalue weighted by Gasteiger charge is -2.19. The highest BCUT2D eigenvalue weighted by Gasteiger charge is 2.13. The first kappa shape index (κ1) is 15.6. The average molecular weight is 283 g/mol. The van der Waals surface area contributed by atoms with Crippen LogP contribution in [0.1, 0.15) is 36.0 Å². The van der Waals surface area contributed by atoms with Crippen molar-refractivity contribution < 1.29 is 4.74 Å². The first-order valence-corrected chi connectivity index (χ1v) is 7.65. The Morgan fingerprint density at radius 3 is 2.00 bits per heavy atom. The molecule has 2 nitrogen and oxygen atoms in total. The fraction of sp³-hybridized carbons (Fsp3) is 0.368. The van der Waals surface area contributed by atoms with Crippen LogP contribution in [0.25, 0.3) is 0 Å². The highest BCUT2D eigenvalue weighted by Crippen LogP contribution is 2.29. The third-order valence-electron chi connectivity index (χ3n) is 3.99. The first-order valence-electron chi connectivity index (χ1n) is 7.65. The van der Waals surface area contributed by atoms with Crippen molar-refractivity contribution in [2.24, 2.45) is 0 Å². The van der Waals surface area contributed by atoms with E-state index in [1.807, 2.05) is 19.2 Å². The van der Waals surface area contributed by atoms with Gasteiger partial charge in [0.25, 0.3) is 0 Å². The zero-order chi connectivity index (χ0) is 15.1. The Labute approximate surface area is 128 Å². The molecule has 0 radical (unpaired) electrons. The Hall–Kier alpha value is -1.80. The molecular formula is C19H25NO. The Bertz CT molecular complexity index is 483. The monoisotopic (exact) mass is 283 g/mol. The van der Waals surface area contributed by atoms with Gasteiger partial charge in [-0.1, -0.05) is 43.3 Å². The number of ether oxygens (including phenoxy) is 1. The summed E-state index contributed by atoms with van der Waals surface area (Å²) >= 11 is 0. The van der Waals surface area contributed by atoms with Gasteiger partial charge in [0.1, 0.15) is 5.75 Å². The van der Waals surface area contributed by atoms with Crippen molar-refractivity contribution in [2.45, 2.75) is 25.7 Å². The molecule has 0 saturated carbocycles. The van der Waals surface area contributed by atoms with E-state index in [1.54, 1.807) is 7.11 Å². The summed E-state index contributed by atoms with van der Waals surface area (Å²) in [5.41, 5.74) is 4.11. The van der Waals surface area contributed by atoms with E-state index in [-0.39, 0.29) is 0 Å². The molecule has 0 aliphatic rings. The number of hydrogen-bond donors (Lipinski definition) is 1. The van der Waals surface area contributed by atoms with Gasteiger partial charge in [0.05, 0.1) is 7.11 Å². The van der Waals surface area contributed by atoms with Gasteiger partial charge in [-0.05, 0) is 55.3 Å². The van der Waals surface area contributed by atoms with Crippen LogP contribution >= 0.6 is 0 Å². The molecule has 112 valence electrons. The summed E-state index contributed by atoms with van der Waals surface area (Å²) in [7, 11) is 3.71. The Kier molecular flexibility index (Phi) is 5.82. The minimum atomic E-state index is 0.425. The molecule has 0 amide bonds. The molecule has 0 aliphatic carbocycles. The topological polar surface area (TPSA) is 21.3 Å². The summed E-state index contributed by atoms with van der Waals surface area (Å²) < 4.78 is 5.25. The third-order valence-corrected chi connectivity index (χ3v) is 3.99. The maximum atomic E-state index is 5.25. The normalized spacial score (nSPS) is 12.1. The number of methoxy groups -OCH3 is 1. The molecule has 0 aromatic heterocycles. The molecule has 2 rings (SSSR count). The second-order valence-electron chi connectivity index (χ2n) is 5.31. The summed E-state index contributed by atoms with van der Waals surface area (Å²) in [4.78, 5) is 0. The van der Waals surface area contributed by atoms with Gasteiger partial charge in [0.15, 0.2) is 0 Å². The van der Waals surface area contributed by atoms with E-state index < -0.39 is 0 Å². The van der Waals surface area contributed by atoms with E-state index >= 15 is 0 Å². The van der Waals surface area contributed by atoms with E-state index in [0.29, 0.717) is 5.92 Å². The van der Waals surface area contributed by atoms with Gasteiger partial charge in [-0.3, -0.25) is 0 Å². The van der Waals surface area contributed by atoms with Gasteiger partial charge >= 0.3 is 0 Å². The molecule has 0 aliphatic heterocycles. The predicted molar refractivity (Wildman–Crippen MR) is 89.2 cm³/mol. The number of benzene rings is 2. The standard InChI is InChI=1S/C19H25NO/c1-4-15-5-7-16(8-6-15)19(13-14-20-2)17-9-11-18(21-3)12-10-17/h5-12,19-20H,4,13-14H2,1-3H3. The van der Waals surface area contributed by atoms with Crippen molar-refractivity contribution in [1.82, 2.24) is 5.32 Å². The SMILES string of the molecule is CCc1ccc(C(CCNC)c2ccc(OC)cc2)cc1. The molecule has 1 N–H and O–H groups in total. The van der Waals surface area contributed by atoms with E-state index in [1.165, 1.54) is 16.7 Å². The number of aryl methyl sites for hydroxylation is 1. The lowest BCUT2D eigenvalue weighted by molar-refractivity contribution is 0.414. The molecule has 2 aromatic rings. The highest BCUT2D eigenvalue weighted by molar-refractivity contribution is 5.37. The second-order valence-corrected chi connectivity index (χ2v) is 5.31. The lowest BCUT2D eigenvalue weighted by atomic mass is 9.88. The lowest BCUT2D eigenvalue weighted by Crippen LogP contribution is -2.13. The average Bonchev–Trinajstić information content (AvgIpc) is 2.56. The summed E-state index contributed by atoms with van der Waals surface area (Å²) in [6, 6.07) is 17.5. The van der Waals surface area contributed by atoms with Gasteiger partial charge < -0.3 is 10.1 Å². The molecule has 1 atom stereocenters. The number of nitrogens with one attached hydrogen (secondary N) is 1. The quantitative estimate of drug-likeness (QED) is 0.829. The van der Waals surface area contributed by atoms with Crippen LogP contribution in [0.15, 0.2) is 48.5 Å². The molecule has 2 heteroatoms. The molecule has 0 saturated heterocycles. The van der Waals surface area contributed by atoms with Crippen LogP contribution in [0.5, 0.6) is 5.75 Å². The van der Waals surface area contributed by atoms with Crippen molar-refractivity contribution in [3.63, 3.8) is 0 Å². The summed E-state index contributed by atoms with van der Waals surface area (Å²) in [5, 5.41) is 3.26. The fourth-order valence-electron chi connectivity index (χ4n) is 2.64. The Balaban J connectivity index is 2.26. The maximum absolute atomic E-state index is 5.25. The number of rotatable bonds is 7. The van der Waals surface area contributed by atoms with Crippen LogP contribution in [0, 0.1) is 0 Å². The minimum absolute atomic E-state index is 0.425. The van der Waals surface area contributed by atoms with E-state index in [2.05, 4.69) is 48.6 Å². The fourth-order valence-corrected chi connectivity index (χ4v) is 2.64. The molecule has 0 heterocycles. The van der Waals surface area contributed by atoms with Crippen LogP contribution in [-0.4, -0.2) is 20.7 Å². The van der Waals surface area contributed by atoms with Crippen molar-refractivity contribution in [3.8, 4) is 5.75 Å². The summed E-state index contributed by atoms with van der Waals surface area (Å²) in [5.74, 6) is 1.33. The molecular weight excluding hydrogens is 258 g/mol. The zero-order valence-corrected chi connectivity index (χ0v) is 13.2. The van der Waals surface area contributed by atoms with Gasteiger partial charge in [0.2, 0.25) is 0 Å². The van der Waals surface area contributed by atoms with Gasteiger partial charge in [-0.15, -0.1) is 0 Å². The van der Waals surface area contributed by atoms with Crippen molar-refractivity contribution in [1.29, 1.82) is 0 Å². The molecule has 0 spiro atoms. The van der Waals surface area contributed by atoms with Gasteiger partial charge in [0, 0.05) is 5.92 Å². The molecule has 0 bridgehead atoms. The van der Waals surface area contributed by atoms with Crippen molar-refractivity contribution >= 4 is 0 Å². The molecule has 0 fully saturated rings. The van der Waals surface area contributed by atoms with E-state index in [0.717, 1.165) is 25.1 Å². The summed E-state index contributed by atoms with van der Waals surface area (Å²) in [6.45, 7) is 3.20. The smallest absolute Gasteiger partial charge is 0.118 e. The summed E-state index contributed by atoms with van der Waals surface area (Å²) in [6.07, 6.45) is 2.18. The Morgan fingerprint density at radius 1 is 0.952 bits per heavy atom.